The van der Waals surface area contributed by atoms with E-state index in [4.69, 9.17) is 25.7 Å². The van der Waals surface area contributed by atoms with Gasteiger partial charge in [-0.15, -0.1) is 0 Å². The van der Waals surface area contributed by atoms with Crippen LogP contribution in [0.3, 0.4) is 0 Å². The highest BCUT2D eigenvalue weighted by Crippen LogP contribution is 1.92. The fourth-order valence-electron chi connectivity index (χ4n) is 0.289. The van der Waals surface area contributed by atoms with Gasteiger partial charge in [0.15, 0.2) is 0 Å². The number of hydrogen-bond donors (Lipinski definition) is 0. The van der Waals surface area contributed by atoms with E-state index in [9.17, 15) is 0 Å². The van der Waals surface area contributed by atoms with Crippen molar-refractivity contribution in [1.29, 1.82) is 0 Å². The van der Waals surface area contributed by atoms with Crippen LogP contribution in [0.25, 0.3) is 0 Å². The van der Waals surface area contributed by atoms with Crippen molar-refractivity contribution in [3.63, 3.8) is 0 Å². The summed E-state index contributed by atoms with van der Waals surface area (Å²) in [6.07, 6.45) is 18.1. The molecular weight excluding hydrogens is 107 g/mol. The van der Waals surface area contributed by atoms with Crippen LogP contribution in [0.2, 0.25) is 0 Å². The second-order valence-electron chi connectivity index (χ2n) is 1.53. The van der Waals surface area contributed by atoms with Gasteiger partial charge in [-0.1, -0.05) is 0 Å². The van der Waals surface area contributed by atoms with E-state index in [-0.39, 0.29) is 0 Å². The van der Waals surface area contributed by atoms with Crippen LogP contribution in [0, 0.1) is 49.0 Å². The molecule has 9 heavy (non-hydrogen) atoms. The smallest absolute Gasteiger partial charge is 0.270 e. The molecule has 0 spiro atoms. The Morgan fingerprint density at radius 3 is 0.889 bits per heavy atom. The number of terminal acetylenes is 4. The Hall–Kier alpha value is -1.70. The highest BCUT2D eigenvalue weighted by Gasteiger charge is 2.08. The zero-order chi connectivity index (χ0) is 7.33. The highest BCUT2D eigenvalue weighted by molar-refractivity contribution is 7.06. The Morgan fingerprint density at radius 1 is 0.667 bits per heavy atom. The molecule has 0 radical (unpaired) electrons. The van der Waals surface area contributed by atoms with Crippen LogP contribution in [-0.2, 0) is 0 Å². The van der Waals surface area contributed by atoms with Gasteiger partial charge in [0.2, 0.25) is 0 Å². The molecule has 0 N–H and O–H groups in total. The standard InChI is InChI=1S/C8H4B/c1-5-9(6-2,7-3)8-4/h1-4H/q-1. The van der Waals surface area contributed by atoms with E-state index in [1.165, 1.54) is 0 Å². The van der Waals surface area contributed by atoms with E-state index in [1.807, 2.05) is 0 Å². The fourth-order valence-corrected chi connectivity index (χ4v) is 0.289. The van der Waals surface area contributed by atoms with Crippen molar-refractivity contribution in [2.24, 2.45) is 0 Å². The predicted molar refractivity (Wildman–Crippen MR) is 41.1 cm³/mol. The summed E-state index contributed by atoms with van der Waals surface area (Å²) in [5.41, 5.74) is 0. The molecule has 0 aromatic carbocycles. The van der Waals surface area contributed by atoms with Gasteiger partial charge in [0.05, 0.1) is 0 Å². The van der Waals surface area contributed by atoms with Crippen LogP contribution in [0.5, 0.6) is 0 Å². The lowest BCUT2D eigenvalue weighted by Crippen LogP contribution is -2.27. The van der Waals surface area contributed by atoms with Gasteiger partial charge in [-0.05, 0) is 0 Å². The second-order valence-corrected chi connectivity index (χ2v) is 1.53. The van der Waals surface area contributed by atoms with Crippen LogP contribution in [0.4, 0.5) is 0 Å². The molecule has 0 aliphatic rings. The third-order valence-electron chi connectivity index (χ3n) is 1.00. The summed E-state index contributed by atoms with van der Waals surface area (Å²) in [6, 6.07) is 0. The Labute approximate surface area is 55.9 Å². The molecule has 40 valence electrons. The van der Waals surface area contributed by atoms with Gasteiger partial charge in [0.25, 0.3) is 6.15 Å². The van der Waals surface area contributed by atoms with Crippen molar-refractivity contribution in [3.8, 4) is 49.0 Å². The maximum absolute atomic E-state index is 4.99. The lowest BCUT2D eigenvalue weighted by Gasteiger charge is -2.12. The van der Waals surface area contributed by atoms with Gasteiger partial charge in [-0.25, -0.2) is 0 Å². The largest absolute Gasteiger partial charge is 0.274 e. The minimum Gasteiger partial charge on any atom is -0.274 e. The Bertz CT molecular complexity index is 197. The predicted octanol–water partition coefficient (Wildman–Crippen LogP) is 0.125. The highest BCUT2D eigenvalue weighted by atomic mass is 13.6. The summed E-state index contributed by atoms with van der Waals surface area (Å²) in [5, 5.41) is 0. The molecule has 1 heteroatoms. The van der Waals surface area contributed by atoms with Crippen LogP contribution >= 0.6 is 0 Å². The third-order valence-corrected chi connectivity index (χ3v) is 1.00. The molecule has 0 saturated carbocycles. The molecule has 0 bridgehead atoms. The Kier molecular flexibility index (Phi) is 2.09. The number of rotatable bonds is 0. The van der Waals surface area contributed by atoms with Crippen molar-refractivity contribution in [3.05, 3.63) is 0 Å². The maximum atomic E-state index is 4.99. The molecule has 0 amide bonds. The van der Waals surface area contributed by atoms with Gasteiger partial charge in [-0.3, -0.25) is 23.3 Å². The first-order valence-corrected chi connectivity index (χ1v) is 2.31. The second kappa shape index (κ2) is 2.57. The molecule has 0 rings (SSSR count). The van der Waals surface area contributed by atoms with E-state index < -0.39 is 6.15 Å². The van der Waals surface area contributed by atoms with Crippen LogP contribution in [0.1, 0.15) is 0 Å². The molecule has 0 aromatic rings. The topological polar surface area (TPSA) is 0 Å². The molecule has 0 saturated heterocycles. The number of hydrogen-bond acceptors (Lipinski definition) is 0. The first kappa shape index (κ1) is 7.30. The normalized spacial score (nSPS) is 7.56. The van der Waals surface area contributed by atoms with Crippen molar-refractivity contribution in [2.45, 2.75) is 0 Å². The molecule has 0 aliphatic carbocycles. The van der Waals surface area contributed by atoms with Crippen LogP contribution < -0.4 is 0 Å². The maximum Gasteiger partial charge on any atom is 0.270 e. The van der Waals surface area contributed by atoms with Crippen molar-refractivity contribution >= 4 is 6.15 Å². The van der Waals surface area contributed by atoms with Gasteiger partial charge in [0.1, 0.15) is 0 Å². The summed E-state index contributed by atoms with van der Waals surface area (Å²) >= 11 is 0. The van der Waals surface area contributed by atoms with Gasteiger partial charge in [0, 0.05) is 0 Å². The molecule has 0 aromatic heterocycles. The molecule has 0 fully saturated rings. The SMILES string of the molecule is C#C[B-](C#C)(C#C)C#C. The van der Waals surface area contributed by atoms with E-state index >= 15 is 0 Å². The lowest BCUT2D eigenvalue weighted by molar-refractivity contribution is 2.45. The summed E-state index contributed by atoms with van der Waals surface area (Å²) in [4.78, 5) is 0. The molecule has 0 nitrogen and oxygen atoms in total. The quantitative estimate of drug-likeness (QED) is 0.307. The van der Waals surface area contributed by atoms with Crippen LogP contribution in [0.15, 0.2) is 0 Å². The van der Waals surface area contributed by atoms with Crippen molar-refractivity contribution in [2.75, 3.05) is 0 Å². The molecule has 0 heterocycles. The average Bonchev–Trinajstić information content (AvgIpc) is 1.95. The van der Waals surface area contributed by atoms with Crippen molar-refractivity contribution in [1.82, 2.24) is 0 Å². The van der Waals surface area contributed by atoms with E-state index in [0.29, 0.717) is 0 Å². The monoisotopic (exact) mass is 111 g/mol. The van der Waals surface area contributed by atoms with Crippen LogP contribution in [-0.4, -0.2) is 6.15 Å². The molecule has 0 unspecified atom stereocenters. The summed E-state index contributed by atoms with van der Waals surface area (Å²) in [5.74, 6) is 8.88. The molecule has 0 atom stereocenters. The first-order valence-electron chi connectivity index (χ1n) is 2.31. The Morgan fingerprint density at radius 2 is 0.889 bits per heavy atom. The van der Waals surface area contributed by atoms with Gasteiger partial charge in [-0.2, -0.15) is 25.7 Å². The molecule has 0 aliphatic heterocycles. The van der Waals surface area contributed by atoms with Gasteiger partial charge >= 0.3 is 0 Å². The Balaban J connectivity index is 4.84. The van der Waals surface area contributed by atoms with Crippen molar-refractivity contribution < 1.29 is 0 Å². The first-order chi connectivity index (χ1) is 4.24. The average molecular weight is 111 g/mol. The lowest BCUT2D eigenvalue weighted by atomic mass is 9.28. The van der Waals surface area contributed by atoms with E-state index in [1.54, 1.807) is 0 Å². The third kappa shape index (κ3) is 1.10. The minimum absolute atomic E-state index is 1.83. The zero-order valence-electron chi connectivity index (χ0n) is 4.89. The summed E-state index contributed by atoms with van der Waals surface area (Å²) < 4.78 is 0. The summed E-state index contributed by atoms with van der Waals surface area (Å²) in [7, 11) is 0. The minimum atomic E-state index is -1.83. The zero-order valence-corrected chi connectivity index (χ0v) is 4.89. The van der Waals surface area contributed by atoms with E-state index in [0.717, 1.165) is 0 Å². The summed E-state index contributed by atoms with van der Waals surface area (Å²) in [6.45, 7) is 0. The van der Waals surface area contributed by atoms with Gasteiger partial charge < -0.3 is 0 Å². The molecular formula is C8H4B-. The fraction of sp³-hybridized carbons (Fsp3) is 0. The van der Waals surface area contributed by atoms with E-state index in [2.05, 4.69) is 23.3 Å².